The van der Waals surface area contributed by atoms with Gasteiger partial charge < -0.3 is 18.3 Å². The lowest BCUT2D eigenvalue weighted by molar-refractivity contribution is 0.660. The predicted octanol–water partition coefficient (Wildman–Crippen LogP) is 32.7. The first kappa shape index (κ1) is 74.6. The summed E-state index contributed by atoms with van der Waals surface area (Å²) >= 11 is 0. The maximum atomic E-state index is 5.49. The first-order valence-corrected chi connectivity index (χ1v) is 45.8. The quantitative estimate of drug-likeness (QED) is 0.142. The van der Waals surface area contributed by atoms with Crippen molar-refractivity contribution in [1.29, 1.82) is 0 Å². The SMILES string of the molecule is CC1(C)c2ccccc2-c2ccc(-c3nc(-c4ccc(-n5c6ccccc6c6cc7cc(-n8c9ccccc9c9cc%10ccccc%10cc98)ccc7cc65)c5ccccc45)nc4ccccc34)cc21.c1ccc2cc3c(cc2c1)c1ccccc1n3-c1ccc2cc3c(cc2c1)c1ccccc1n3-c1ccc(-c2nc(-c3ccc4ccc5ccccc5c4c3)c3ccccc3n2)cc1. The Morgan fingerprint density at radius 1 is 0.180 bits per heavy atom. The molecule has 22 aromatic carbocycles. The van der Waals surface area contributed by atoms with Crippen molar-refractivity contribution >= 4 is 184 Å². The summed E-state index contributed by atoms with van der Waals surface area (Å²) in [6, 6.07) is 159. The fourth-order valence-corrected chi connectivity index (χ4v) is 22.4. The lowest BCUT2D eigenvalue weighted by Gasteiger charge is -2.22. The second kappa shape index (κ2) is 28.8. The molecule has 0 spiro atoms. The number of hydrogen-bond donors (Lipinski definition) is 0. The van der Waals surface area contributed by atoms with E-state index >= 15 is 0 Å². The third-order valence-corrected chi connectivity index (χ3v) is 28.7. The summed E-state index contributed by atoms with van der Waals surface area (Å²) in [4.78, 5) is 21.2. The van der Waals surface area contributed by atoms with Crippen molar-refractivity contribution in [3.05, 3.63) is 448 Å². The monoisotopic (exact) mass is 1690 g/mol. The zero-order valence-corrected chi connectivity index (χ0v) is 72.6. The van der Waals surface area contributed by atoms with E-state index in [1.54, 1.807) is 0 Å². The highest BCUT2D eigenvalue weighted by atomic mass is 15.0. The van der Waals surface area contributed by atoms with Gasteiger partial charge in [-0.15, -0.1) is 0 Å². The topological polar surface area (TPSA) is 71.3 Å². The Bertz CT molecular complexity index is 9910. The van der Waals surface area contributed by atoms with Gasteiger partial charge in [0, 0.05) is 104 Å². The van der Waals surface area contributed by atoms with E-state index < -0.39 is 0 Å². The molecule has 8 nitrogen and oxygen atoms in total. The van der Waals surface area contributed by atoms with E-state index in [0.29, 0.717) is 5.82 Å². The van der Waals surface area contributed by atoms with Gasteiger partial charge in [-0.05, 0) is 250 Å². The van der Waals surface area contributed by atoms with E-state index in [9.17, 15) is 0 Å². The van der Waals surface area contributed by atoms with Crippen LogP contribution in [0.15, 0.2) is 437 Å². The molecule has 8 heteroatoms. The zero-order valence-electron chi connectivity index (χ0n) is 72.6. The molecule has 0 bridgehead atoms. The highest BCUT2D eigenvalue weighted by Gasteiger charge is 2.36. The predicted molar refractivity (Wildman–Crippen MR) is 558 cm³/mol. The summed E-state index contributed by atoms with van der Waals surface area (Å²) in [6.07, 6.45) is 0. The maximum Gasteiger partial charge on any atom is 0.161 e. The van der Waals surface area contributed by atoms with Crippen molar-refractivity contribution in [2.75, 3.05) is 0 Å². The molecule has 0 atom stereocenters. The molecule has 0 fully saturated rings. The van der Waals surface area contributed by atoms with Crippen LogP contribution >= 0.6 is 0 Å². The van der Waals surface area contributed by atoms with Crippen molar-refractivity contribution in [3.8, 4) is 79.2 Å². The Morgan fingerprint density at radius 2 is 0.534 bits per heavy atom. The smallest absolute Gasteiger partial charge is 0.161 e. The standard InChI is InChI=1S/C65H42N4.C60H36N4/c1-65(2)55-23-11-7-18-46(55)47-30-28-42(36-56(47)65)63-52-22-8-12-24-57(52)66-64(67-63)51-31-32-60(48-19-6-5-17-45(48)51)69-59-26-14-10-21-50(59)54-35-43-33-44(29-27-41(43)38-62(54)69)68-58-25-13-9-20-49(58)53-34-39-15-3-4-16-40(39)37-61(53)68;1-2-13-41-35-58-52(32-40(41)12-1)48-15-7-10-20-56(48)64(58)46-30-27-42-36-57-53(34-44(42)31-46)49-16-6-9-19-55(49)63(57)45-28-25-39(26-29-45)60-61-54-18-8-5-17-50(54)59(62-60)43-24-23-38-22-21-37-11-3-4-14-47(37)51(38)33-43/h3-38H,1-2H3;1-36H. The van der Waals surface area contributed by atoms with Crippen LogP contribution in [-0.2, 0) is 5.41 Å². The van der Waals surface area contributed by atoms with Crippen molar-refractivity contribution in [1.82, 2.24) is 38.2 Å². The van der Waals surface area contributed by atoms with Crippen molar-refractivity contribution in [3.63, 3.8) is 0 Å². The molecule has 0 amide bonds. The highest BCUT2D eigenvalue weighted by Crippen LogP contribution is 2.51. The van der Waals surface area contributed by atoms with Gasteiger partial charge in [0.1, 0.15) is 0 Å². The van der Waals surface area contributed by atoms with Crippen LogP contribution in [0, 0.1) is 0 Å². The molecule has 6 heterocycles. The average Bonchev–Trinajstić information content (AvgIpc) is 1.58. The Labute approximate surface area is 763 Å². The summed E-state index contributed by atoms with van der Waals surface area (Å²) in [6.45, 7) is 4.67. The summed E-state index contributed by atoms with van der Waals surface area (Å²) < 4.78 is 9.72. The van der Waals surface area contributed by atoms with Gasteiger partial charge in [0.25, 0.3) is 0 Å². The highest BCUT2D eigenvalue weighted by molar-refractivity contribution is 6.20. The number of para-hydroxylation sites is 6. The molecule has 0 saturated carbocycles. The molecule has 133 heavy (non-hydrogen) atoms. The molecule has 0 aliphatic heterocycles. The van der Waals surface area contributed by atoms with E-state index in [2.05, 4.69) is 469 Å². The third kappa shape index (κ3) is 11.5. The Kier molecular flexibility index (Phi) is 16.1. The summed E-state index contributed by atoms with van der Waals surface area (Å²) in [7, 11) is 0. The van der Waals surface area contributed by atoms with Gasteiger partial charge in [-0.25, -0.2) is 19.9 Å². The van der Waals surface area contributed by atoms with Crippen molar-refractivity contribution in [2.24, 2.45) is 0 Å². The van der Waals surface area contributed by atoms with E-state index in [1.165, 1.54) is 174 Å². The van der Waals surface area contributed by atoms with Crippen LogP contribution in [0.5, 0.6) is 0 Å². The summed E-state index contributed by atoms with van der Waals surface area (Å²) in [5.74, 6) is 1.42. The number of rotatable bonds is 8. The molecule has 0 saturated heterocycles. The summed E-state index contributed by atoms with van der Waals surface area (Å²) in [5, 5.41) is 29.0. The van der Waals surface area contributed by atoms with Gasteiger partial charge in [0.2, 0.25) is 0 Å². The minimum atomic E-state index is -0.120. The first-order valence-electron chi connectivity index (χ1n) is 45.8. The normalized spacial score (nSPS) is 12.6. The fraction of sp³-hybridized carbons (Fsp3) is 0.0240. The van der Waals surface area contributed by atoms with Crippen molar-refractivity contribution in [2.45, 2.75) is 19.3 Å². The van der Waals surface area contributed by atoms with Crippen LogP contribution < -0.4 is 0 Å². The van der Waals surface area contributed by atoms with Crippen LogP contribution in [-0.4, -0.2) is 38.2 Å². The maximum absolute atomic E-state index is 5.49. The van der Waals surface area contributed by atoms with E-state index in [1.807, 2.05) is 0 Å². The summed E-state index contributed by atoms with van der Waals surface area (Å²) in [5.41, 5.74) is 27.1. The minimum Gasteiger partial charge on any atom is -0.309 e. The molecule has 29 rings (SSSR count). The van der Waals surface area contributed by atoms with Gasteiger partial charge in [-0.3, -0.25) is 0 Å². The molecule has 1 aliphatic rings. The fourth-order valence-electron chi connectivity index (χ4n) is 22.4. The van der Waals surface area contributed by atoms with Gasteiger partial charge >= 0.3 is 0 Å². The first-order chi connectivity index (χ1) is 65.7. The molecular weight excluding hydrogens is 1610 g/mol. The van der Waals surface area contributed by atoms with Gasteiger partial charge in [-0.1, -0.05) is 293 Å². The van der Waals surface area contributed by atoms with Gasteiger partial charge in [0.05, 0.1) is 72.2 Å². The number of fused-ring (bicyclic) bond motifs is 25. The lowest BCUT2D eigenvalue weighted by Crippen LogP contribution is -2.15. The molecule has 1 aliphatic carbocycles. The number of benzene rings is 22. The number of aromatic nitrogens is 8. The van der Waals surface area contributed by atoms with Crippen LogP contribution in [0.1, 0.15) is 25.0 Å². The zero-order chi connectivity index (χ0) is 87.4. The minimum absolute atomic E-state index is 0.120. The molecule has 0 unspecified atom stereocenters. The van der Waals surface area contributed by atoms with Crippen LogP contribution in [0.25, 0.3) is 264 Å². The molecule has 0 N–H and O–H groups in total. The molecular formula is C125H78N8. The molecule has 618 valence electrons. The van der Waals surface area contributed by atoms with E-state index in [0.717, 1.165) is 94.8 Å². The third-order valence-electron chi connectivity index (χ3n) is 28.7. The lowest BCUT2D eigenvalue weighted by atomic mass is 9.82. The van der Waals surface area contributed by atoms with Gasteiger partial charge in [-0.2, -0.15) is 0 Å². The molecule has 0 radical (unpaired) electrons. The molecule has 28 aromatic rings. The number of hydrogen-bond acceptors (Lipinski definition) is 4. The van der Waals surface area contributed by atoms with Crippen LogP contribution in [0.3, 0.4) is 0 Å². The van der Waals surface area contributed by atoms with Crippen molar-refractivity contribution < 1.29 is 0 Å². The van der Waals surface area contributed by atoms with Gasteiger partial charge in [0.15, 0.2) is 11.6 Å². The van der Waals surface area contributed by atoms with Crippen LogP contribution in [0.2, 0.25) is 0 Å². The number of nitrogens with zero attached hydrogens (tertiary/aromatic N) is 8. The Morgan fingerprint density at radius 3 is 1.09 bits per heavy atom. The second-order valence-electron chi connectivity index (χ2n) is 36.3. The Balaban J connectivity index is 0.000000133. The molecule has 6 aromatic heterocycles. The average molecular weight is 1690 g/mol. The van der Waals surface area contributed by atoms with E-state index in [-0.39, 0.29) is 5.41 Å². The largest absolute Gasteiger partial charge is 0.309 e. The van der Waals surface area contributed by atoms with Crippen LogP contribution in [0.4, 0.5) is 0 Å². The van der Waals surface area contributed by atoms with E-state index in [4.69, 9.17) is 19.9 Å². The Hall–Kier alpha value is -17.5. The second-order valence-corrected chi connectivity index (χ2v) is 36.3.